The van der Waals surface area contributed by atoms with Gasteiger partial charge in [0.05, 0.1) is 17.1 Å². The quantitative estimate of drug-likeness (QED) is 0.584. The van der Waals surface area contributed by atoms with Gasteiger partial charge in [-0.05, 0) is 36.4 Å². The fraction of sp³-hybridized carbons (Fsp3) is 0. The summed E-state index contributed by atoms with van der Waals surface area (Å²) >= 11 is 0. The minimum absolute atomic E-state index is 0.130. The first-order chi connectivity index (χ1) is 11.8. The number of pyridine rings is 1. The molecule has 0 N–H and O–H groups in total. The van der Waals surface area contributed by atoms with Crippen LogP contribution in [0.5, 0.6) is 0 Å². The van der Waals surface area contributed by atoms with Crippen molar-refractivity contribution in [3.63, 3.8) is 0 Å². The molecule has 0 saturated carbocycles. The van der Waals surface area contributed by atoms with Crippen LogP contribution in [0.2, 0.25) is 0 Å². The molecule has 0 saturated heterocycles. The van der Waals surface area contributed by atoms with Crippen LogP contribution in [-0.2, 0) is 0 Å². The van der Waals surface area contributed by atoms with Gasteiger partial charge in [0.25, 0.3) is 5.56 Å². The molecule has 0 aliphatic heterocycles. The van der Waals surface area contributed by atoms with Crippen molar-refractivity contribution < 1.29 is 0 Å². The predicted molar refractivity (Wildman–Crippen MR) is 94.0 cm³/mol. The zero-order chi connectivity index (χ0) is 16.4. The minimum Gasteiger partial charge on any atom is -0.267 e. The molecule has 116 valence electrons. The van der Waals surface area contributed by atoms with Crippen LogP contribution in [0.4, 0.5) is 0 Å². The van der Waals surface area contributed by atoms with Crippen molar-refractivity contribution in [2.24, 2.45) is 0 Å². The average Bonchev–Trinajstić information content (AvgIpc) is 3.06. The van der Waals surface area contributed by atoms with Crippen LogP contribution in [0.15, 0.2) is 77.9 Å². The molecule has 0 fully saturated rings. The standard InChI is InChI=1S/C19H14N4O/c24-19-14-16(10-9-15-6-4-5-12-20-15)21-18-11-13-22(23(18)19)17-7-2-1-3-8-17/h1-14H/b10-9+. The summed E-state index contributed by atoms with van der Waals surface area (Å²) in [6.45, 7) is 0. The van der Waals surface area contributed by atoms with E-state index in [0.29, 0.717) is 11.3 Å². The number of fused-ring (bicyclic) bond motifs is 1. The van der Waals surface area contributed by atoms with Gasteiger partial charge >= 0.3 is 0 Å². The Morgan fingerprint density at radius 3 is 2.46 bits per heavy atom. The highest BCUT2D eigenvalue weighted by Gasteiger charge is 2.06. The van der Waals surface area contributed by atoms with Gasteiger partial charge in [0.2, 0.25) is 0 Å². The van der Waals surface area contributed by atoms with Crippen molar-refractivity contribution in [1.29, 1.82) is 0 Å². The van der Waals surface area contributed by atoms with Crippen LogP contribution in [0.25, 0.3) is 23.5 Å². The summed E-state index contributed by atoms with van der Waals surface area (Å²) in [6.07, 6.45) is 7.20. The van der Waals surface area contributed by atoms with Gasteiger partial charge in [0, 0.05) is 24.5 Å². The second kappa shape index (κ2) is 5.96. The summed E-state index contributed by atoms with van der Waals surface area (Å²) in [6, 6.07) is 18.7. The van der Waals surface area contributed by atoms with Crippen LogP contribution >= 0.6 is 0 Å². The van der Waals surface area contributed by atoms with Crippen molar-refractivity contribution in [3.05, 3.63) is 94.8 Å². The summed E-state index contributed by atoms with van der Waals surface area (Å²) in [4.78, 5) is 21.3. The topological polar surface area (TPSA) is 52.2 Å². The van der Waals surface area contributed by atoms with Crippen molar-refractivity contribution in [2.45, 2.75) is 0 Å². The Kier molecular flexibility index (Phi) is 3.51. The monoisotopic (exact) mass is 314 g/mol. The number of hydrogen-bond acceptors (Lipinski definition) is 3. The third-order valence-electron chi connectivity index (χ3n) is 3.65. The molecule has 3 aromatic heterocycles. The Morgan fingerprint density at radius 2 is 1.67 bits per heavy atom. The molecule has 0 bridgehead atoms. The molecule has 4 aromatic rings. The Hall–Kier alpha value is -3.47. The lowest BCUT2D eigenvalue weighted by Gasteiger charge is -2.06. The Bertz CT molecular complexity index is 1060. The minimum atomic E-state index is -0.130. The van der Waals surface area contributed by atoms with Gasteiger partial charge in [0.1, 0.15) is 0 Å². The number of nitrogens with zero attached hydrogens (tertiary/aromatic N) is 4. The molecule has 4 rings (SSSR count). The van der Waals surface area contributed by atoms with Crippen LogP contribution in [0.1, 0.15) is 11.4 Å². The van der Waals surface area contributed by atoms with Crippen LogP contribution in [0, 0.1) is 0 Å². The lowest BCUT2D eigenvalue weighted by atomic mass is 10.3. The average molecular weight is 314 g/mol. The zero-order valence-corrected chi connectivity index (χ0v) is 12.8. The van der Waals surface area contributed by atoms with Crippen LogP contribution < -0.4 is 5.56 Å². The summed E-state index contributed by atoms with van der Waals surface area (Å²) in [7, 11) is 0. The Morgan fingerprint density at radius 1 is 0.875 bits per heavy atom. The maximum Gasteiger partial charge on any atom is 0.273 e. The number of para-hydroxylation sites is 1. The van der Waals surface area contributed by atoms with E-state index in [9.17, 15) is 4.79 Å². The molecule has 0 amide bonds. The lowest BCUT2D eigenvalue weighted by Crippen LogP contribution is -2.19. The molecule has 0 radical (unpaired) electrons. The second-order valence-corrected chi connectivity index (χ2v) is 5.27. The highest BCUT2D eigenvalue weighted by atomic mass is 16.1. The van der Waals surface area contributed by atoms with Crippen molar-refractivity contribution in [1.82, 2.24) is 19.2 Å². The third kappa shape index (κ3) is 2.63. The fourth-order valence-corrected chi connectivity index (χ4v) is 2.55. The first-order valence-electron chi connectivity index (χ1n) is 7.57. The Balaban J connectivity index is 1.77. The van der Waals surface area contributed by atoms with Gasteiger partial charge in [-0.15, -0.1) is 0 Å². The lowest BCUT2D eigenvalue weighted by molar-refractivity contribution is 0.763. The normalized spacial score (nSPS) is 11.3. The van der Waals surface area contributed by atoms with Crippen molar-refractivity contribution in [2.75, 3.05) is 0 Å². The largest absolute Gasteiger partial charge is 0.273 e. The number of rotatable bonds is 3. The molecule has 0 atom stereocenters. The molecule has 5 nitrogen and oxygen atoms in total. The first kappa shape index (κ1) is 14.1. The van der Waals surface area contributed by atoms with Crippen LogP contribution in [-0.4, -0.2) is 19.2 Å². The smallest absolute Gasteiger partial charge is 0.267 e. The fourth-order valence-electron chi connectivity index (χ4n) is 2.55. The van der Waals surface area contributed by atoms with E-state index < -0.39 is 0 Å². The third-order valence-corrected chi connectivity index (χ3v) is 3.65. The number of benzene rings is 1. The van der Waals surface area contributed by atoms with Gasteiger partial charge in [-0.3, -0.25) is 14.5 Å². The van der Waals surface area contributed by atoms with E-state index in [2.05, 4.69) is 9.97 Å². The maximum atomic E-state index is 12.5. The van der Waals surface area contributed by atoms with Gasteiger partial charge in [-0.1, -0.05) is 24.3 Å². The van der Waals surface area contributed by atoms with E-state index in [1.54, 1.807) is 21.5 Å². The van der Waals surface area contributed by atoms with E-state index in [4.69, 9.17) is 0 Å². The summed E-state index contributed by atoms with van der Waals surface area (Å²) in [5.41, 5.74) is 2.81. The molecular formula is C19H14N4O. The van der Waals surface area contributed by atoms with E-state index >= 15 is 0 Å². The first-order valence-corrected chi connectivity index (χ1v) is 7.57. The maximum absolute atomic E-state index is 12.5. The molecule has 1 aromatic carbocycles. The molecule has 0 unspecified atom stereocenters. The Labute approximate surface area is 138 Å². The van der Waals surface area contributed by atoms with Gasteiger partial charge in [0.15, 0.2) is 5.65 Å². The second-order valence-electron chi connectivity index (χ2n) is 5.27. The van der Waals surface area contributed by atoms with E-state index in [1.165, 1.54) is 6.07 Å². The molecule has 0 aliphatic carbocycles. The van der Waals surface area contributed by atoms with E-state index in [0.717, 1.165) is 11.4 Å². The van der Waals surface area contributed by atoms with Gasteiger partial charge in [-0.2, -0.15) is 4.52 Å². The zero-order valence-electron chi connectivity index (χ0n) is 12.8. The van der Waals surface area contributed by atoms with E-state index in [1.807, 2.05) is 66.9 Å². The highest BCUT2D eigenvalue weighted by molar-refractivity contribution is 5.66. The highest BCUT2D eigenvalue weighted by Crippen LogP contribution is 2.10. The van der Waals surface area contributed by atoms with Crippen LogP contribution in [0.3, 0.4) is 0 Å². The molecule has 5 heteroatoms. The SMILES string of the molecule is O=c1cc(/C=C/c2ccccn2)nc2ccn(-c3ccccc3)n12. The number of hydrogen-bond donors (Lipinski definition) is 0. The van der Waals surface area contributed by atoms with Gasteiger partial charge < -0.3 is 0 Å². The van der Waals surface area contributed by atoms with Gasteiger partial charge in [-0.25, -0.2) is 4.98 Å². The molecule has 3 heterocycles. The summed E-state index contributed by atoms with van der Waals surface area (Å²) in [5, 5.41) is 0. The summed E-state index contributed by atoms with van der Waals surface area (Å²) in [5.74, 6) is 0. The van der Waals surface area contributed by atoms with E-state index in [-0.39, 0.29) is 5.56 Å². The molecule has 24 heavy (non-hydrogen) atoms. The summed E-state index contributed by atoms with van der Waals surface area (Å²) < 4.78 is 3.34. The van der Waals surface area contributed by atoms with Crippen molar-refractivity contribution in [3.8, 4) is 5.69 Å². The molecular weight excluding hydrogens is 300 g/mol. The molecule has 0 spiro atoms. The predicted octanol–water partition coefficient (Wildman–Crippen LogP) is 3.05. The molecule has 0 aliphatic rings. The number of aromatic nitrogens is 4. The van der Waals surface area contributed by atoms with Crippen molar-refractivity contribution >= 4 is 17.8 Å².